The van der Waals surface area contributed by atoms with Gasteiger partial charge in [-0.05, 0) is 12.1 Å². The number of benzene rings is 2. The highest BCUT2D eigenvalue weighted by atomic mass is 16.5. The maximum atomic E-state index is 11.0. The number of ether oxygens (including phenoxy) is 2. The van der Waals surface area contributed by atoms with Crippen LogP contribution in [-0.4, -0.2) is 48.4 Å². The molecule has 1 N–H and O–H groups in total. The predicted molar refractivity (Wildman–Crippen MR) is 101 cm³/mol. The van der Waals surface area contributed by atoms with E-state index in [0.717, 1.165) is 35.4 Å². The Kier molecular flexibility index (Phi) is 4.73. The van der Waals surface area contributed by atoms with Crippen LogP contribution in [0.15, 0.2) is 54.7 Å². The van der Waals surface area contributed by atoms with Gasteiger partial charge in [-0.1, -0.05) is 36.4 Å². The summed E-state index contributed by atoms with van der Waals surface area (Å²) in [5.41, 5.74) is 2.49. The van der Waals surface area contributed by atoms with Crippen LogP contribution in [0.1, 0.15) is 17.2 Å². The molecule has 0 spiro atoms. The Morgan fingerprint density at radius 1 is 1.04 bits per heavy atom. The Hall–Kier alpha value is -2.63. The summed E-state index contributed by atoms with van der Waals surface area (Å²) in [5, 5.41) is 11.9. The fourth-order valence-electron chi connectivity index (χ4n) is 3.65. The van der Waals surface area contributed by atoms with E-state index in [1.165, 1.54) is 0 Å². The van der Waals surface area contributed by atoms with Gasteiger partial charge in [-0.15, -0.1) is 0 Å². The molecule has 2 heterocycles. The van der Waals surface area contributed by atoms with Gasteiger partial charge in [-0.2, -0.15) is 0 Å². The number of nitrogens with zero attached hydrogens (tertiary/aromatic N) is 2. The summed E-state index contributed by atoms with van der Waals surface area (Å²) in [6, 6.07) is 15.7. The number of para-hydroxylation sites is 1. The van der Waals surface area contributed by atoms with E-state index in [2.05, 4.69) is 16.0 Å². The zero-order valence-electron chi connectivity index (χ0n) is 14.8. The number of morpholine rings is 1. The molecule has 0 saturated carbocycles. The molecule has 134 valence electrons. The molecule has 2 aromatic carbocycles. The summed E-state index contributed by atoms with van der Waals surface area (Å²) < 4.78 is 11.1. The highest BCUT2D eigenvalue weighted by Crippen LogP contribution is 2.41. The smallest absolute Gasteiger partial charge is 0.146 e. The van der Waals surface area contributed by atoms with Crippen LogP contribution in [0.5, 0.6) is 11.5 Å². The molecular formula is C21H22N2O3. The van der Waals surface area contributed by atoms with Crippen LogP contribution < -0.4 is 4.74 Å². The third-order valence-electron chi connectivity index (χ3n) is 4.92. The highest BCUT2D eigenvalue weighted by Gasteiger charge is 2.29. The maximum Gasteiger partial charge on any atom is 0.146 e. The molecular weight excluding hydrogens is 328 g/mol. The quantitative estimate of drug-likeness (QED) is 0.782. The lowest BCUT2D eigenvalue weighted by Crippen LogP contribution is -2.39. The van der Waals surface area contributed by atoms with Gasteiger partial charge in [-0.25, -0.2) is 0 Å². The van der Waals surface area contributed by atoms with Crippen molar-refractivity contribution in [2.45, 2.75) is 6.04 Å². The van der Waals surface area contributed by atoms with Gasteiger partial charge in [-0.3, -0.25) is 9.88 Å². The van der Waals surface area contributed by atoms with Gasteiger partial charge < -0.3 is 14.6 Å². The Balaban J connectivity index is 1.89. The molecule has 1 aliphatic rings. The van der Waals surface area contributed by atoms with Crippen LogP contribution in [0.2, 0.25) is 0 Å². The van der Waals surface area contributed by atoms with Crippen LogP contribution in [0, 0.1) is 0 Å². The SMILES string of the molecule is COc1ccccc1C(c1ccc2cccnc2c1O)N1CCOCC1. The minimum atomic E-state index is -0.124. The Bertz CT molecular complexity index is 907. The Morgan fingerprint density at radius 3 is 2.65 bits per heavy atom. The molecule has 1 atom stereocenters. The van der Waals surface area contributed by atoms with E-state index in [1.807, 2.05) is 42.5 Å². The van der Waals surface area contributed by atoms with Crippen molar-refractivity contribution < 1.29 is 14.6 Å². The fourth-order valence-corrected chi connectivity index (χ4v) is 3.65. The first-order valence-corrected chi connectivity index (χ1v) is 8.81. The molecule has 1 aromatic heterocycles. The minimum Gasteiger partial charge on any atom is -0.505 e. The Morgan fingerprint density at radius 2 is 1.85 bits per heavy atom. The standard InChI is InChI=1S/C21H22N2O3/c1-25-18-7-3-2-6-16(18)20(23-11-13-26-14-12-23)17-9-8-15-5-4-10-22-19(15)21(17)24/h2-10,20,24H,11-14H2,1H3. The molecule has 3 aromatic rings. The van der Waals surface area contributed by atoms with Crippen LogP contribution in [0.4, 0.5) is 0 Å². The van der Waals surface area contributed by atoms with Crippen LogP contribution in [-0.2, 0) is 4.74 Å². The first kappa shape index (κ1) is 16.8. The van der Waals surface area contributed by atoms with Crippen molar-refractivity contribution in [1.82, 2.24) is 9.88 Å². The average Bonchev–Trinajstić information content (AvgIpc) is 2.71. The van der Waals surface area contributed by atoms with Gasteiger partial charge in [0.2, 0.25) is 0 Å². The third-order valence-corrected chi connectivity index (χ3v) is 4.92. The number of phenols is 1. The molecule has 5 heteroatoms. The fraction of sp³-hybridized carbons (Fsp3) is 0.286. The second-order valence-corrected chi connectivity index (χ2v) is 6.37. The summed E-state index contributed by atoms with van der Waals surface area (Å²) in [6.07, 6.45) is 1.71. The Labute approximate surface area is 152 Å². The van der Waals surface area contributed by atoms with E-state index in [1.54, 1.807) is 13.3 Å². The first-order valence-electron chi connectivity index (χ1n) is 8.81. The molecule has 1 unspecified atom stereocenters. The topological polar surface area (TPSA) is 54.8 Å². The molecule has 5 nitrogen and oxygen atoms in total. The molecule has 26 heavy (non-hydrogen) atoms. The van der Waals surface area contributed by atoms with Gasteiger partial charge in [0, 0.05) is 35.8 Å². The van der Waals surface area contributed by atoms with E-state index in [-0.39, 0.29) is 11.8 Å². The summed E-state index contributed by atoms with van der Waals surface area (Å²) in [4.78, 5) is 6.71. The predicted octanol–water partition coefficient (Wildman–Crippen LogP) is 3.37. The molecule has 1 saturated heterocycles. The molecule has 1 aliphatic heterocycles. The number of phenolic OH excluding ortho intramolecular Hbond substituents is 1. The molecule has 0 aliphatic carbocycles. The van der Waals surface area contributed by atoms with Crippen molar-refractivity contribution in [3.8, 4) is 11.5 Å². The highest BCUT2D eigenvalue weighted by molar-refractivity contribution is 5.85. The van der Waals surface area contributed by atoms with E-state index in [4.69, 9.17) is 9.47 Å². The third kappa shape index (κ3) is 3.00. The number of rotatable bonds is 4. The summed E-state index contributed by atoms with van der Waals surface area (Å²) >= 11 is 0. The molecule has 0 amide bonds. The van der Waals surface area contributed by atoms with E-state index in [0.29, 0.717) is 18.7 Å². The van der Waals surface area contributed by atoms with Crippen molar-refractivity contribution in [2.75, 3.05) is 33.4 Å². The number of hydrogen-bond donors (Lipinski definition) is 1. The lowest BCUT2D eigenvalue weighted by Gasteiger charge is -2.36. The number of aromatic nitrogens is 1. The minimum absolute atomic E-state index is 0.124. The zero-order valence-corrected chi connectivity index (χ0v) is 14.8. The summed E-state index contributed by atoms with van der Waals surface area (Å²) in [6.45, 7) is 2.95. The monoisotopic (exact) mass is 350 g/mol. The average molecular weight is 350 g/mol. The zero-order chi connectivity index (χ0) is 17.9. The van der Waals surface area contributed by atoms with Crippen molar-refractivity contribution in [3.05, 3.63) is 65.9 Å². The van der Waals surface area contributed by atoms with E-state index in [9.17, 15) is 5.11 Å². The second-order valence-electron chi connectivity index (χ2n) is 6.37. The number of fused-ring (bicyclic) bond motifs is 1. The second kappa shape index (κ2) is 7.32. The molecule has 4 rings (SSSR count). The number of hydrogen-bond acceptors (Lipinski definition) is 5. The lowest BCUT2D eigenvalue weighted by atomic mass is 9.94. The summed E-state index contributed by atoms with van der Waals surface area (Å²) in [7, 11) is 1.68. The molecule has 0 radical (unpaired) electrons. The van der Waals surface area contributed by atoms with Crippen LogP contribution in [0.3, 0.4) is 0 Å². The van der Waals surface area contributed by atoms with Crippen molar-refractivity contribution >= 4 is 10.9 Å². The normalized spacial score (nSPS) is 16.5. The number of aromatic hydroxyl groups is 1. The van der Waals surface area contributed by atoms with Crippen molar-refractivity contribution in [1.29, 1.82) is 0 Å². The number of methoxy groups -OCH3 is 1. The number of pyridine rings is 1. The maximum absolute atomic E-state index is 11.0. The van der Waals surface area contributed by atoms with Gasteiger partial charge >= 0.3 is 0 Å². The van der Waals surface area contributed by atoms with Gasteiger partial charge in [0.1, 0.15) is 17.0 Å². The van der Waals surface area contributed by atoms with Crippen LogP contribution in [0.25, 0.3) is 10.9 Å². The van der Waals surface area contributed by atoms with Crippen LogP contribution >= 0.6 is 0 Å². The summed E-state index contributed by atoms with van der Waals surface area (Å²) in [5.74, 6) is 1.04. The molecule has 1 fully saturated rings. The van der Waals surface area contributed by atoms with E-state index < -0.39 is 0 Å². The van der Waals surface area contributed by atoms with Crippen molar-refractivity contribution in [2.24, 2.45) is 0 Å². The largest absolute Gasteiger partial charge is 0.505 e. The van der Waals surface area contributed by atoms with E-state index >= 15 is 0 Å². The van der Waals surface area contributed by atoms with Crippen molar-refractivity contribution in [3.63, 3.8) is 0 Å². The first-order chi connectivity index (χ1) is 12.8. The van der Waals surface area contributed by atoms with Gasteiger partial charge in [0.15, 0.2) is 0 Å². The molecule has 0 bridgehead atoms. The van der Waals surface area contributed by atoms with Gasteiger partial charge in [0.25, 0.3) is 0 Å². The van der Waals surface area contributed by atoms with Gasteiger partial charge in [0.05, 0.1) is 26.4 Å². The lowest BCUT2D eigenvalue weighted by molar-refractivity contribution is 0.0232.